The lowest BCUT2D eigenvalue weighted by atomic mass is 9.86. The summed E-state index contributed by atoms with van der Waals surface area (Å²) in [6.45, 7) is 6.45. The number of benzene rings is 3. The van der Waals surface area contributed by atoms with Crippen LogP contribution in [-0.4, -0.2) is 5.91 Å². The fraction of sp³-hybridized carbons (Fsp3) is 0.174. The first-order valence-corrected chi connectivity index (χ1v) is 9.66. The van der Waals surface area contributed by atoms with Gasteiger partial charge in [0.05, 0.1) is 0 Å². The molecule has 0 radical (unpaired) electrons. The van der Waals surface area contributed by atoms with Gasteiger partial charge in [0.15, 0.2) is 0 Å². The van der Waals surface area contributed by atoms with Gasteiger partial charge in [-0.1, -0.05) is 61.0 Å². The first kappa shape index (κ1) is 19.2. The maximum Gasteiger partial charge on any atom is 0.255 e. The normalized spacial score (nSPS) is 11.1. The fourth-order valence-corrected chi connectivity index (χ4v) is 3.77. The molecule has 3 rings (SSSR count). The third-order valence-corrected chi connectivity index (χ3v) is 4.90. The van der Waals surface area contributed by atoms with Crippen LogP contribution in [0.1, 0.15) is 36.7 Å². The smallest absolute Gasteiger partial charge is 0.255 e. The monoisotopic (exact) mass is 422 g/mol. The van der Waals surface area contributed by atoms with E-state index >= 15 is 0 Å². The zero-order chi connectivity index (χ0) is 19.4. The molecular formula is C23H23BrN2O. The van der Waals surface area contributed by atoms with Crippen LogP contribution in [0.4, 0.5) is 17.1 Å². The van der Waals surface area contributed by atoms with Gasteiger partial charge >= 0.3 is 0 Å². The van der Waals surface area contributed by atoms with E-state index in [1.807, 2.05) is 72.8 Å². The van der Waals surface area contributed by atoms with Crippen LogP contribution in [0.25, 0.3) is 0 Å². The molecule has 138 valence electrons. The summed E-state index contributed by atoms with van der Waals surface area (Å²) in [5.41, 5.74) is 4.58. The van der Waals surface area contributed by atoms with Crippen molar-refractivity contribution in [2.75, 3.05) is 10.6 Å². The number of halogens is 1. The number of amides is 1. The number of para-hydroxylation sites is 1. The van der Waals surface area contributed by atoms with Gasteiger partial charge in [0.1, 0.15) is 0 Å². The summed E-state index contributed by atoms with van der Waals surface area (Å²) in [7, 11) is 0. The molecule has 4 heteroatoms. The van der Waals surface area contributed by atoms with Gasteiger partial charge in [-0.05, 0) is 59.5 Å². The molecule has 0 unspecified atom stereocenters. The molecule has 0 heterocycles. The van der Waals surface area contributed by atoms with Crippen molar-refractivity contribution >= 4 is 38.9 Å². The van der Waals surface area contributed by atoms with Crippen molar-refractivity contribution in [3.63, 3.8) is 0 Å². The van der Waals surface area contributed by atoms with Crippen molar-refractivity contribution in [2.24, 2.45) is 0 Å². The van der Waals surface area contributed by atoms with Crippen LogP contribution in [0.2, 0.25) is 0 Å². The minimum Gasteiger partial charge on any atom is -0.356 e. The highest BCUT2D eigenvalue weighted by Gasteiger charge is 2.18. The Morgan fingerprint density at radius 1 is 0.815 bits per heavy atom. The molecule has 1 amide bonds. The van der Waals surface area contributed by atoms with E-state index in [2.05, 4.69) is 47.3 Å². The fourth-order valence-electron chi connectivity index (χ4n) is 2.79. The van der Waals surface area contributed by atoms with E-state index in [4.69, 9.17) is 0 Å². The Kier molecular flexibility index (Phi) is 5.66. The van der Waals surface area contributed by atoms with E-state index < -0.39 is 0 Å². The van der Waals surface area contributed by atoms with Crippen LogP contribution < -0.4 is 10.6 Å². The van der Waals surface area contributed by atoms with Gasteiger partial charge in [-0.2, -0.15) is 0 Å². The molecule has 0 atom stereocenters. The molecule has 0 aliphatic heterocycles. The quantitative estimate of drug-likeness (QED) is 0.488. The molecule has 0 saturated heterocycles. The third kappa shape index (κ3) is 4.98. The van der Waals surface area contributed by atoms with Gasteiger partial charge < -0.3 is 10.6 Å². The number of carbonyl (C=O) groups is 1. The second kappa shape index (κ2) is 7.97. The lowest BCUT2D eigenvalue weighted by Crippen LogP contribution is -2.15. The standard InChI is InChI=1S/C23H23BrN2O/c1-23(2,3)20-14-9-16(15-21(20)24)22(27)26-19-12-10-18(11-13-19)25-17-7-5-4-6-8-17/h4-15,25H,1-3H3,(H,26,27). The molecule has 0 bridgehead atoms. The molecule has 0 aliphatic carbocycles. The van der Waals surface area contributed by atoms with E-state index in [0.717, 1.165) is 21.5 Å². The molecule has 0 aromatic heterocycles. The topological polar surface area (TPSA) is 41.1 Å². The van der Waals surface area contributed by atoms with Crippen LogP contribution in [0.15, 0.2) is 77.3 Å². The Bertz CT molecular complexity index is 929. The molecule has 3 aromatic carbocycles. The predicted molar refractivity (Wildman–Crippen MR) is 117 cm³/mol. The minimum atomic E-state index is -0.125. The second-order valence-electron chi connectivity index (χ2n) is 7.47. The van der Waals surface area contributed by atoms with Crippen LogP contribution >= 0.6 is 15.9 Å². The first-order chi connectivity index (χ1) is 12.8. The van der Waals surface area contributed by atoms with Gasteiger partial charge in [0.25, 0.3) is 5.91 Å². The molecule has 0 aliphatic rings. The number of anilines is 3. The predicted octanol–water partition coefficient (Wildman–Crippen LogP) is 6.74. The number of hydrogen-bond donors (Lipinski definition) is 2. The molecule has 0 fully saturated rings. The van der Waals surface area contributed by atoms with Gasteiger partial charge in [-0.25, -0.2) is 0 Å². The largest absolute Gasteiger partial charge is 0.356 e. The zero-order valence-corrected chi connectivity index (χ0v) is 17.3. The van der Waals surface area contributed by atoms with E-state index in [-0.39, 0.29) is 11.3 Å². The lowest BCUT2D eigenvalue weighted by Gasteiger charge is -2.21. The summed E-state index contributed by atoms with van der Waals surface area (Å²) in [5.74, 6) is -0.125. The molecule has 3 aromatic rings. The van der Waals surface area contributed by atoms with E-state index in [9.17, 15) is 4.79 Å². The third-order valence-electron chi connectivity index (χ3n) is 4.24. The average Bonchev–Trinajstić information content (AvgIpc) is 2.63. The first-order valence-electron chi connectivity index (χ1n) is 8.86. The maximum atomic E-state index is 12.6. The minimum absolute atomic E-state index is 0.0232. The van der Waals surface area contributed by atoms with Crippen molar-refractivity contribution in [2.45, 2.75) is 26.2 Å². The maximum absolute atomic E-state index is 12.6. The molecule has 0 saturated carbocycles. The highest BCUT2D eigenvalue weighted by molar-refractivity contribution is 9.10. The summed E-state index contributed by atoms with van der Waals surface area (Å²) in [4.78, 5) is 12.6. The van der Waals surface area contributed by atoms with Gasteiger partial charge in [-0.15, -0.1) is 0 Å². The Balaban J connectivity index is 1.68. The lowest BCUT2D eigenvalue weighted by molar-refractivity contribution is 0.102. The summed E-state index contributed by atoms with van der Waals surface area (Å²) in [6, 6.07) is 23.4. The van der Waals surface area contributed by atoms with Crippen LogP contribution in [-0.2, 0) is 5.41 Å². The van der Waals surface area contributed by atoms with Crippen LogP contribution in [0, 0.1) is 0 Å². The zero-order valence-electron chi connectivity index (χ0n) is 15.7. The second-order valence-corrected chi connectivity index (χ2v) is 8.32. The Hall–Kier alpha value is -2.59. The molecule has 27 heavy (non-hydrogen) atoms. The Morgan fingerprint density at radius 2 is 1.41 bits per heavy atom. The molecule has 2 N–H and O–H groups in total. The molecule has 0 spiro atoms. The SMILES string of the molecule is CC(C)(C)c1ccc(C(=O)Nc2ccc(Nc3ccccc3)cc2)cc1Br. The van der Waals surface area contributed by atoms with E-state index in [1.165, 1.54) is 5.56 Å². The van der Waals surface area contributed by atoms with Crippen molar-refractivity contribution in [3.05, 3.63) is 88.4 Å². The number of rotatable bonds is 4. The van der Waals surface area contributed by atoms with Gasteiger partial charge in [0.2, 0.25) is 0 Å². The highest BCUT2D eigenvalue weighted by Crippen LogP contribution is 2.30. The van der Waals surface area contributed by atoms with Crippen LogP contribution in [0.5, 0.6) is 0 Å². The molecule has 3 nitrogen and oxygen atoms in total. The Morgan fingerprint density at radius 3 is 2.00 bits per heavy atom. The molecular weight excluding hydrogens is 400 g/mol. The highest BCUT2D eigenvalue weighted by atomic mass is 79.9. The van der Waals surface area contributed by atoms with Crippen LogP contribution in [0.3, 0.4) is 0 Å². The summed E-state index contributed by atoms with van der Waals surface area (Å²) in [5, 5.41) is 6.27. The summed E-state index contributed by atoms with van der Waals surface area (Å²) >= 11 is 3.59. The number of hydrogen-bond acceptors (Lipinski definition) is 2. The van der Waals surface area contributed by atoms with Gasteiger partial charge in [-0.3, -0.25) is 4.79 Å². The van der Waals surface area contributed by atoms with Gasteiger partial charge in [0, 0.05) is 27.1 Å². The summed E-state index contributed by atoms with van der Waals surface area (Å²) < 4.78 is 0.949. The van der Waals surface area contributed by atoms with Crippen molar-refractivity contribution in [1.29, 1.82) is 0 Å². The number of nitrogens with one attached hydrogen (secondary N) is 2. The average molecular weight is 423 g/mol. The summed E-state index contributed by atoms with van der Waals surface area (Å²) in [6.07, 6.45) is 0. The van der Waals surface area contributed by atoms with Crippen molar-refractivity contribution in [1.82, 2.24) is 0 Å². The van der Waals surface area contributed by atoms with E-state index in [0.29, 0.717) is 5.56 Å². The van der Waals surface area contributed by atoms with E-state index in [1.54, 1.807) is 0 Å². The van der Waals surface area contributed by atoms with Crippen molar-refractivity contribution in [3.8, 4) is 0 Å². The Labute approximate surface area is 168 Å². The number of carbonyl (C=O) groups excluding carboxylic acids is 1. The van der Waals surface area contributed by atoms with Crippen molar-refractivity contribution < 1.29 is 4.79 Å².